The molecule has 91 valence electrons. The van der Waals surface area contributed by atoms with E-state index in [2.05, 4.69) is 25.7 Å². The molecule has 16 heavy (non-hydrogen) atoms. The molecule has 5 radical (unpaired) electrons. The van der Waals surface area contributed by atoms with Crippen LogP contribution in [0.5, 0.6) is 0 Å². The van der Waals surface area contributed by atoms with Crippen molar-refractivity contribution in [1.29, 1.82) is 0 Å². The number of rotatable bonds is 2. The van der Waals surface area contributed by atoms with Crippen LogP contribution in [-0.2, 0) is 29.1 Å². The predicted molar refractivity (Wildman–Crippen MR) is 61.6 cm³/mol. The summed E-state index contributed by atoms with van der Waals surface area (Å²) in [6.45, 7) is 2.81. The fraction of sp³-hybridized carbons (Fsp3) is 0.538. The minimum Gasteiger partial charge on any atom is -0.300 e. The zero-order valence-corrected chi connectivity index (χ0v) is 11.6. The number of carbonyl (C=O) groups is 2. The van der Waals surface area contributed by atoms with Gasteiger partial charge in [0.2, 0.25) is 0 Å². The van der Waals surface area contributed by atoms with E-state index >= 15 is 0 Å². The van der Waals surface area contributed by atoms with Crippen molar-refractivity contribution < 1.29 is 29.1 Å². The maximum Gasteiger partial charge on any atom is 2.00 e. The maximum absolute atomic E-state index is 10.0. The van der Waals surface area contributed by atoms with Crippen molar-refractivity contribution >= 4 is 11.6 Å². The third-order valence-electron chi connectivity index (χ3n) is 1.84. The second-order valence-corrected chi connectivity index (χ2v) is 3.69. The van der Waals surface area contributed by atoms with Gasteiger partial charge in [-0.2, -0.15) is 0 Å². The maximum atomic E-state index is 10.0. The Labute approximate surface area is 112 Å². The fourth-order valence-electron chi connectivity index (χ4n) is 1.21. The third-order valence-corrected chi connectivity index (χ3v) is 1.84. The summed E-state index contributed by atoms with van der Waals surface area (Å²) in [6, 6.07) is 0. The van der Waals surface area contributed by atoms with Crippen molar-refractivity contribution in [2.75, 3.05) is 0 Å². The van der Waals surface area contributed by atoms with Crippen LogP contribution in [0.25, 0.3) is 0 Å². The van der Waals surface area contributed by atoms with E-state index < -0.39 is 0 Å². The monoisotopic (exact) mass is 311 g/mol. The SMILES string of the molecule is CC(=O)CC(C)=O.[CH]1[CH]CCC[CH][CH]C1.[Rh+2]. The molecule has 0 atom stereocenters. The van der Waals surface area contributed by atoms with Gasteiger partial charge in [0.05, 0.1) is 6.42 Å². The minimum absolute atomic E-state index is 0. The quantitative estimate of drug-likeness (QED) is 0.580. The molecule has 0 heterocycles. The van der Waals surface area contributed by atoms with Crippen LogP contribution in [0, 0.1) is 25.7 Å². The molecule has 0 bridgehead atoms. The fourth-order valence-corrected chi connectivity index (χ4v) is 1.21. The topological polar surface area (TPSA) is 34.1 Å². The van der Waals surface area contributed by atoms with E-state index in [1.807, 2.05) is 0 Å². The molecular weight excluding hydrogens is 291 g/mol. The van der Waals surface area contributed by atoms with Crippen LogP contribution in [0.2, 0.25) is 0 Å². The first-order valence-corrected chi connectivity index (χ1v) is 5.42. The summed E-state index contributed by atoms with van der Waals surface area (Å²) in [5.41, 5.74) is 0. The first kappa shape index (κ1) is 18.3. The average Bonchev–Trinajstić information content (AvgIpc) is 1.99. The number of hydrogen-bond donors (Lipinski definition) is 0. The molecule has 1 saturated carbocycles. The van der Waals surface area contributed by atoms with Crippen molar-refractivity contribution in [2.24, 2.45) is 0 Å². The normalized spacial score (nSPS) is 15.6. The molecule has 0 N–H and O–H groups in total. The van der Waals surface area contributed by atoms with Crippen molar-refractivity contribution in [3.63, 3.8) is 0 Å². The Morgan fingerprint density at radius 3 is 1.69 bits per heavy atom. The van der Waals surface area contributed by atoms with Gasteiger partial charge in [-0.3, -0.25) is 9.59 Å². The zero-order valence-electron chi connectivity index (χ0n) is 9.99. The van der Waals surface area contributed by atoms with Crippen LogP contribution in [0.4, 0.5) is 0 Å². The first-order valence-electron chi connectivity index (χ1n) is 5.42. The van der Waals surface area contributed by atoms with E-state index in [4.69, 9.17) is 0 Å². The molecule has 1 rings (SSSR count). The van der Waals surface area contributed by atoms with Crippen molar-refractivity contribution in [1.82, 2.24) is 0 Å². The van der Waals surface area contributed by atoms with Gasteiger partial charge in [-0.15, -0.1) is 0 Å². The van der Waals surface area contributed by atoms with Gasteiger partial charge < -0.3 is 0 Å². The van der Waals surface area contributed by atoms with E-state index in [0.29, 0.717) is 0 Å². The molecule has 1 aliphatic carbocycles. The molecule has 0 aromatic carbocycles. The second-order valence-electron chi connectivity index (χ2n) is 3.69. The molecule has 0 spiro atoms. The van der Waals surface area contributed by atoms with E-state index in [0.717, 1.165) is 6.42 Å². The van der Waals surface area contributed by atoms with Crippen LogP contribution in [-0.4, -0.2) is 11.6 Å². The van der Waals surface area contributed by atoms with Gasteiger partial charge in [0.1, 0.15) is 11.6 Å². The zero-order chi connectivity index (χ0) is 11.5. The summed E-state index contributed by atoms with van der Waals surface area (Å²) < 4.78 is 0. The molecular formula is C13H20O2Rh+2. The molecule has 0 unspecified atom stereocenters. The number of ketones is 2. The Kier molecular flexibility index (Phi) is 14.9. The van der Waals surface area contributed by atoms with Crippen LogP contribution in [0.15, 0.2) is 0 Å². The molecule has 0 amide bonds. The van der Waals surface area contributed by atoms with Gasteiger partial charge in [0.15, 0.2) is 0 Å². The van der Waals surface area contributed by atoms with E-state index in [1.54, 1.807) is 0 Å². The average molecular weight is 311 g/mol. The molecule has 3 heteroatoms. The largest absolute Gasteiger partial charge is 2.00 e. The standard InChI is InChI=1S/C8H12.C5H8O2.Rh/c1-2-4-6-8-7-5-3-1;1-4(6)3-5(2)7;/h1-2,5,7H,3-4,6,8H2;3H2,1-2H3;/q;;+2. The van der Waals surface area contributed by atoms with Gasteiger partial charge in [0, 0.05) is 0 Å². The molecule has 0 saturated heterocycles. The minimum atomic E-state index is -0.0625. The van der Waals surface area contributed by atoms with Crippen molar-refractivity contribution in [3.05, 3.63) is 25.7 Å². The Morgan fingerprint density at radius 1 is 0.938 bits per heavy atom. The van der Waals surface area contributed by atoms with Crippen LogP contribution < -0.4 is 0 Å². The van der Waals surface area contributed by atoms with Gasteiger partial charge in [-0.25, -0.2) is 0 Å². The van der Waals surface area contributed by atoms with Gasteiger partial charge in [-0.1, -0.05) is 6.42 Å². The van der Waals surface area contributed by atoms with Crippen LogP contribution >= 0.6 is 0 Å². The molecule has 1 fully saturated rings. The summed E-state index contributed by atoms with van der Waals surface area (Å²) in [5.74, 6) is -0.125. The predicted octanol–water partition coefficient (Wildman–Crippen LogP) is 2.93. The molecule has 2 nitrogen and oxygen atoms in total. The Morgan fingerprint density at radius 2 is 1.38 bits per heavy atom. The summed E-state index contributed by atoms with van der Waals surface area (Å²) in [7, 11) is 0. The molecule has 0 aromatic heterocycles. The summed E-state index contributed by atoms with van der Waals surface area (Å²) in [6.07, 6.45) is 14.1. The number of hydrogen-bond acceptors (Lipinski definition) is 2. The van der Waals surface area contributed by atoms with E-state index in [1.165, 1.54) is 33.1 Å². The number of carbonyl (C=O) groups excluding carboxylic acids is 2. The summed E-state index contributed by atoms with van der Waals surface area (Å²) in [4.78, 5) is 20.1. The first-order chi connectivity index (χ1) is 7.13. The molecule has 0 aliphatic heterocycles. The van der Waals surface area contributed by atoms with Crippen molar-refractivity contribution in [3.8, 4) is 0 Å². The van der Waals surface area contributed by atoms with Gasteiger partial charge in [-0.05, 0) is 58.8 Å². The molecule has 0 aromatic rings. The summed E-state index contributed by atoms with van der Waals surface area (Å²) in [5, 5.41) is 0. The van der Waals surface area contributed by atoms with Crippen molar-refractivity contribution in [2.45, 2.75) is 46.0 Å². The second kappa shape index (κ2) is 13.0. The van der Waals surface area contributed by atoms with Crippen LogP contribution in [0.1, 0.15) is 46.0 Å². The van der Waals surface area contributed by atoms with E-state index in [-0.39, 0.29) is 37.5 Å². The smallest absolute Gasteiger partial charge is 0.300 e. The Hall–Kier alpha value is -0.0366. The van der Waals surface area contributed by atoms with Gasteiger partial charge in [0.25, 0.3) is 0 Å². The Bertz CT molecular complexity index is 154. The molecule has 1 aliphatic rings. The Balaban J connectivity index is 0. The summed E-state index contributed by atoms with van der Waals surface area (Å²) >= 11 is 0. The van der Waals surface area contributed by atoms with Gasteiger partial charge >= 0.3 is 19.5 Å². The third kappa shape index (κ3) is 16.4. The van der Waals surface area contributed by atoms with Crippen LogP contribution in [0.3, 0.4) is 0 Å². The van der Waals surface area contributed by atoms with E-state index in [9.17, 15) is 9.59 Å². The number of Topliss-reactive ketones (excluding diaryl/α,β-unsaturated/α-hetero) is 2.